The predicted molar refractivity (Wildman–Crippen MR) is 131 cm³/mol. The standard InChI is InChI=1S/C23H28ClFN3O8P/c1-13(2)28-11-17(15-6-5-7-16(24)10-15)36-37(28,32)33-12-18-20(34-14(3)29)23(4,25)21(35-18)27-9-8-19(30)26-22(27)31/h5-10,13,17-18,20-21H,11-12H2,1-4H3,(H,26,30,31)/t17?,18-,20-,21-,23-,37?/m1/s1. The monoisotopic (exact) mass is 559 g/mol. The highest BCUT2D eigenvalue weighted by atomic mass is 35.5. The van der Waals surface area contributed by atoms with Crippen molar-refractivity contribution in [2.45, 2.75) is 63.9 Å². The fraction of sp³-hybridized carbons (Fsp3) is 0.522. The second kappa shape index (κ2) is 10.4. The number of aromatic nitrogens is 2. The Morgan fingerprint density at radius 1 is 1.35 bits per heavy atom. The van der Waals surface area contributed by atoms with Crippen molar-refractivity contribution in [3.8, 4) is 0 Å². The molecule has 2 aliphatic heterocycles. The molecule has 2 saturated heterocycles. The Morgan fingerprint density at radius 2 is 2.08 bits per heavy atom. The van der Waals surface area contributed by atoms with Crippen LogP contribution >= 0.6 is 19.3 Å². The quantitative estimate of drug-likeness (QED) is 0.401. The van der Waals surface area contributed by atoms with E-state index in [-0.39, 0.29) is 12.6 Å². The number of benzene rings is 1. The molecule has 6 atom stereocenters. The lowest BCUT2D eigenvalue weighted by atomic mass is 9.98. The van der Waals surface area contributed by atoms with E-state index in [2.05, 4.69) is 0 Å². The predicted octanol–water partition coefficient (Wildman–Crippen LogP) is 3.35. The number of carbonyl (C=O) groups excluding carboxylic acids is 1. The van der Waals surface area contributed by atoms with Crippen LogP contribution in [0.4, 0.5) is 4.39 Å². The van der Waals surface area contributed by atoms with Gasteiger partial charge in [-0.1, -0.05) is 23.7 Å². The molecule has 0 aliphatic carbocycles. The van der Waals surface area contributed by atoms with Gasteiger partial charge in [-0.3, -0.25) is 28.2 Å². The van der Waals surface area contributed by atoms with Gasteiger partial charge in [-0.15, -0.1) is 0 Å². The summed E-state index contributed by atoms with van der Waals surface area (Å²) < 4.78 is 54.9. The number of halogens is 2. The smallest absolute Gasteiger partial charge is 0.409 e. The zero-order chi connectivity index (χ0) is 27.1. The maximum absolute atomic E-state index is 16.0. The molecule has 202 valence electrons. The van der Waals surface area contributed by atoms with Crippen LogP contribution in [-0.2, 0) is 27.9 Å². The van der Waals surface area contributed by atoms with Crippen molar-refractivity contribution in [1.82, 2.24) is 14.2 Å². The lowest BCUT2D eigenvalue weighted by molar-refractivity contribution is -0.155. The molecule has 37 heavy (non-hydrogen) atoms. The number of nitrogens with zero attached hydrogens (tertiary/aromatic N) is 2. The topological polar surface area (TPSA) is 129 Å². The highest BCUT2D eigenvalue weighted by Crippen LogP contribution is 2.62. The van der Waals surface area contributed by atoms with E-state index >= 15 is 4.39 Å². The van der Waals surface area contributed by atoms with Gasteiger partial charge in [-0.05, 0) is 38.5 Å². The van der Waals surface area contributed by atoms with Crippen LogP contribution < -0.4 is 11.2 Å². The zero-order valence-electron chi connectivity index (χ0n) is 20.6. The molecule has 0 amide bonds. The average molecular weight is 560 g/mol. The van der Waals surface area contributed by atoms with Crippen molar-refractivity contribution >= 4 is 25.3 Å². The molecule has 0 spiro atoms. The number of hydrogen-bond acceptors (Lipinski definition) is 8. The molecule has 14 heteroatoms. The second-order valence-electron chi connectivity index (χ2n) is 9.35. The number of alkyl halides is 1. The Balaban J connectivity index is 1.59. The number of hydrogen-bond donors (Lipinski definition) is 1. The first-order chi connectivity index (χ1) is 17.3. The number of carbonyl (C=O) groups is 1. The van der Waals surface area contributed by atoms with Gasteiger partial charge in [0.2, 0.25) is 0 Å². The first kappa shape index (κ1) is 27.7. The van der Waals surface area contributed by atoms with Gasteiger partial charge in [0, 0.05) is 36.8 Å². The van der Waals surface area contributed by atoms with Gasteiger partial charge in [-0.2, -0.15) is 0 Å². The molecule has 2 aromatic rings. The first-order valence-electron chi connectivity index (χ1n) is 11.6. The van der Waals surface area contributed by atoms with E-state index in [1.165, 1.54) is 0 Å². The van der Waals surface area contributed by atoms with E-state index in [9.17, 15) is 18.9 Å². The molecule has 1 N–H and O–H groups in total. The molecule has 2 fully saturated rings. The largest absolute Gasteiger partial charge is 0.456 e. The molecule has 2 aliphatic rings. The van der Waals surface area contributed by atoms with Crippen LogP contribution in [-0.4, -0.2) is 57.3 Å². The third-order valence-electron chi connectivity index (χ3n) is 6.22. The van der Waals surface area contributed by atoms with Crippen molar-refractivity contribution in [2.24, 2.45) is 0 Å². The Labute approximate surface area is 217 Å². The van der Waals surface area contributed by atoms with Crippen LogP contribution in [0.1, 0.15) is 45.6 Å². The molecule has 3 heterocycles. The van der Waals surface area contributed by atoms with Crippen molar-refractivity contribution in [1.29, 1.82) is 0 Å². The van der Waals surface area contributed by atoms with E-state index < -0.39 is 61.8 Å². The molecule has 0 bridgehead atoms. The highest BCUT2D eigenvalue weighted by Gasteiger charge is 2.59. The normalized spacial score (nSPS) is 32.2. The molecule has 0 saturated carbocycles. The number of ether oxygens (including phenoxy) is 2. The molecule has 0 radical (unpaired) electrons. The lowest BCUT2D eigenvalue weighted by Crippen LogP contribution is -2.45. The maximum atomic E-state index is 16.0. The lowest BCUT2D eigenvalue weighted by Gasteiger charge is -2.28. The molecular weight excluding hydrogens is 532 g/mol. The number of aromatic amines is 1. The van der Waals surface area contributed by atoms with Gasteiger partial charge >= 0.3 is 19.4 Å². The third-order valence-corrected chi connectivity index (χ3v) is 8.71. The summed E-state index contributed by atoms with van der Waals surface area (Å²) in [6.07, 6.45) is -3.86. The summed E-state index contributed by atoms with van der Waals surface area (Å²) in [5.74, 6) is -0.787. The number of nitrogens with one attached hydrogen (secondary N) is 1. The summed E-state index contributed by atoms with van der Waals surface area (Å²) in [5.41, 5.74) is -3.28. The van der Waals surface area contributed by atoms with Gasteiger partial charge in [0.1, 0.15) is 12.2 Å². The Kier molecular flexibility index (Phi) is 7.81. The molecule has 1 aromatic carbocycles. The molecule has 2 unspecified atom stereocenters. The summed E-state index contributed by atoms with van der Waals surface area (Å²) in [6, 6.07) is 7.76. The Morgan fingerprint density at radius 3 is 2.70 bits per heavy atom. The van der Waals surface area contributed by atoms with Gasteiger partial charge in [0.25, 0.3) is 5.56 Å². The van der Waals surface area contributed by atoms with Gasteiger partial charge in [-0.25, -0.2) is 18.4 Å². The van der Waals surface area contributed by atoms with Gasteiger partial charge in [0.15, 0.2) is 18.0 Å². The molecule has 11 nitrogen and oxygen atoms in total. The Bertz CT molecular complexity index is 1330. The first-order valence-corrected chi connectivity index (χ1v) is 13.5. The van der Waals surface area contributed by atoms with Crippen molar-refractivity contribution in [2.75, 3.05) is 13.2 Å². The van der Waals surface area contributed by atoms with E-state index in [1.54, 1.807) is 28.9 Å². The summed E-state index contributed by atoms with van der Waals surface area (Å²) in [4.78, 5) is 37.6. The van der Waals surface area contributed by atoms with E-state index in [1.807, 2.05) is 18.8 Å². The van der Waals surface area contributed by atoms with E-state index in [0.717, 1.165) is 30.7 Å². The average Bonchev–Trinajstić information content (AvgIpc) is 3.27. The SMILES string of the molecule is CC(=O)O[C@@H]1[C@@H](COP2(=O)OC(c3cccc(Cl)c3)CN2C(C)C)O[C@@H](n2ccc(=O)[nH]c2=O)[C@]1(C)F. The van der Waals surface area contributed by atoms with Crippen molar-refractivity contribution in [3.05, 3.63) is 68.0 Å². The summed E-state index contributed by atoms with van der Waals surface area (Å²) in [5, 5.41) is 0.495. The van der Waals surface area contributed by atoms with Gasteiger partial charge < -0.3 is 9.47 Å². The Hall–Kier alpha value is -2.34. The number of H-pyrrole nitrogens is 1. The van der Waals surface area contributed by atoms with Crippen LogP contribution in [0.15, 0.2) is 46.1 Å². The van der Waals surface area contributed by atoms with Crippen molar-refractivity contribution in [3.63, 3.8) is 0 Å². The minimum Gasteiger partial charge on any atom is -0.456 e. The molecular formula is C23H28ClFN3O8P. The van der Waals surface area contributed by atoms with E-state index in [4.69, 9.17) is 30.1 Å². The third kappa shape index (κ3) is 5.59. The number of rotatable bonds is 7. The minimum absolute atomic E-state index is 0.234. The second-order valence-corrected chi connectivity index (χ2v) is 11.7. The van der Waals surface area contributed by atoms with Crippen LogP contribution in [0.3, 0.4) is 0 Å². The fourth-order valence-corrected chi connectivity index (χ4v) is 6.77. The summed E-state index contributed by atoms with van der Waals surface area (Å²) >= 11 is 6.10. The maximum Gasteiger partial charge on any atom is 0.409 e. The zero-order valence-corrected chi connectivity index (χ0v) is 22.3. The van der Waals surface area contributed by atoms with Gasteiger partial charge in [0.05, 0.1) is 6.61 Å². The van der Waals surface area contributed by atoms with Crippen molar-refractivity contribution < 1.29 is 32.3 Å². The van der Waals surface area contributed by atoms with Crippen LogP contribution in [0.5, 0.6) is 0 Å². The highest BCUT2D eigenvalue weighted by molar-refractivity contribution is 7.51. The summed E-state index contributed by atoms with van der Waals surface area (Å²) in [6.45, 7) is 5.63. The van der Waals surface area contributed by atoms with Crippen LogP contribution in [0, 0.1) is 0 Å². The summed E-state index contributed by atoms with van der Waals surface area (Å²) in [7, 11) is -3.90. The van der Waals surface area contributed by atoms with Crippen LogP contribution in [0.2, 0.25) is 5.02 Å². The molecule has 4 rings (SSSR count). The minimum atomic E-state index is -3.90. The fourth-order valence-electron chi connectivity index (χ4n) is 4.48. The van der Waals surface area contributed by atoms with Crippen LogP contribution in [0.25, 0.3) is 0 Å². The van der Waals surface area contributed by atoms with E-state index in [0.29, 0.717) is 10.6 Å². The molecule has 1 aromatic heterocycles. The number of esters is 1.